The van der Waals surface area contributed by atoms with Gasteiger partial charge in [0.2, 0.25) is 0 Å². The summed E-state index contributed by atoms with van der Waals surface area (Å²) in [5.74, 6) is 0.686. The fourth-order valence-electron chi connectivity index (χ4n) is 2.38. The summed E-state index contributed by atoms with van der Waals surface area (Å²) in [5, 5.41) is 13.3. The van der Waals surface area contributed by atoms with Crippen molar-refractivity contribution >= 4 is 17.0 Å². The van der Waals surface area contributed by atoms with Gasteiger partial charge in [0, 0.05) is 20.0 Å². The molecule has 0 amide bonds. The van der Waals surface area contributed by atoms with Crippen molar-refractivity contribution in [2.45, 2.75) is 19.9 Å². The van der Waals surface area contributed by atoms with Crippen LogP contribution >= 0.6 is 0 Å². The maximum absolute atomic E-state index is 11.0. The largest absolute Gasteiger partial charge is 0.478 e. The zero-order chi connectivity index (χ0) is 15.0. The molecular formula is C14H15N5O2. The van der Waals surface area contributed by atoms with Gasteiger partial charge in [0.25, 0.3) is 0 Å². The van der Waals surface area contributed by atoms with E-state index in [4.69, 9.17) is 5.11 Å². The fourth-order valence-corrected chi connectivity index (χ4v) is 2.38. The second kappa shape index (κ2) is 5.01. The molecule has 0 saturated heterocycles. The molecule has 2 aromatic heterocycles. The number of carboxylic acids is 1. The highest BCUT2D eigenvalue weighted by Gasteiger charge is 2.11. The van der Waals surface area contributed by atoms with Gasteiger partial charge >= 0.3 is 5.97 Å². The SMILES string of the molecule is Cc1nc2cc(C(=O)O)ccc2n1CCc1ncn(C)n1. The number of rotatable bonds is 4. The molecule has 0 saturated carbocycles. The van der Waals surface area contributed by atoms with E-state index in [2.05, 4.69) is 19.6 Å². The molecule has 0 radical (unpaired) electrons. The Morgan fingerprint density at radius 2 is 2.19 bits per heavy atom. The summed E-state index contributed by atoms with van der Waals surface area (Å²) in [6, 6.07) is 4.99. The van der Waals surface area contributed by atoms with E-state index in [1.54, 1.807) is 29.2 Å². The zero-order valence-corrected chi connectivity index (χ0v) is 11.8. The van der Waals surface area contributed by atoms with Crippen molar-refractivity contribution in [1.29, 1.82) is 0 Å². The van der Waals surface area contributed by atoms with Crippen molar-refractivity contribution in [3.8, 4) is 0 Å². The number of hydrogen-bond acceptors (Lipinski definition) is 4. The minimum absolute atomic E-state index is 0.249. The standard InChI is InChI=1S/C14H15N5O2/c1-9-16-11-7-10(14(20)21)3-4-12(11)19(9)6-5-13-15-8-18(2)17-13/h3-4,7-8H,5-6H2,1-2H3,(H,20,21). The Balaban J connectivity index is 1.91. The molecule has 7 nitrogen and oxygen atoms in total. The number of aromatic carboxylic acids is 1. The number of carboxylic acid groups (broad SMARTS) is 1. The van der Waals surface area contributed by atoms with Crippen LogP contribution in [-0.2, 0) is 20.0 Å². The van der Waals surface area contributed by atoms with Gasteiger partial charge in [-0.15, -0.1) is 0 Å². The van der Waals surface area contributed by atoms with Crippen molar-refractivity contribution in [2.75, 3.05) is 0 Å². The van der Waals surface area contributed by atoms with Crippen LogP contribution in [0.3, 0.4) is 0 Å². The summed E-state index contributed by atoms with van der Waals surface area (Å²) < 4.78 is 3.73. The maximum atomic E-state index is 11.0. The Morgan fingerprint density at radius 1 is 1.38 bits per heavy atom. The third-order valence-electron chi connectivity index (χ3n) is 3.39. The molecule has 0 fully saturated rings. The van der Waals surface area contributed by atoms with E-state index in [0.717, 1.165) is 17.2 Å². The van der Waals surface area contributed by atoms with Gasteiger partial charge < -0.3 is 9.67 Å². The zero-order valence-electron chi connectivity index (χ0n) is 11.8. The third-order valence-corrected chi connectivity index (χ3v) is 3.39. The lowest BCUT2D eigenvalue weighted by molar-refractivity contribution is 0.0697. The lowest BCUT2D eigenvalue weighted by Gasteiger charge is -2.05. The molecule has 2 heterocycles. The molecular weight excluding hydrogens is 270 g/mol. The Hall–Kier alpha value is -2.70. The van der Waals surface area contributed by atoms with Gasteiger partial charge in [-0.1, -0.05) is 0 Å². The lowest BCUT2D eigenvalue weighted by Crippen LogP contribution is -2.05. The summed E-state index contributed by atoms with van der Waals surface area (Å²) >= 11 is 0. The molecule has 21 heavy (non-hydrogen) atoms. The van der Waals surface area contributed by atoms with E-state index in [-0.39, 0.29) is 5.56 Å². The van der Waals surface area contributed by atoms with Gasteiger partial charge in [-0.3, -0.25) is 4.68 Å². The van der Waals surface area contributed by atoms with Crippen molar-refractivity contribution < 1.29 is 9.90 Å². The van der Waals surface area contributed by atoms with Gasteiger partial charge in [-0.25, -0.2) is 14.8 Å². The molecule has 0 bridgehead atoms. The van der Waals surface area contributed by atoms with Crippen LogP contribution in [0.25, 0.3) is 11.0 Å². The van der Waals surface area contributed by atoms with E-state index in [0.29, 0.717) is 18.5 Å². The van der Waals surface area contributed by atoms with Crippen LogP contribution in [0.1, 0.15) is 22.0 Å². The monoisotopic (exact) mass is 285 g/mol. The third kappa shape index (κ3) is 2.49. The molecule has 0 aliphatic heterocycles. The van der Waals surface area contributed by atoms with E-state index < -0.39 is 5.97 Å². The second-order valence-corrected chi connectivity index (χ2v) is 4.90. The van der Waals surface area contributed by atoms with Crippen LogP contribution < -0.4 is 0 Å². The number of hydrogen-bond donors (Lipinski definition) is 1. The van der Waals surface area contributed by atoms with Crippen molar-refractivity contribution in [1.82, 2.24) is 24.3 Å². The molecule has 7 heteroatoms. The number of aryl methyl sites for hydroxylation is 4. The first-order valence-corrected chi connectivity index (χ1v) is 6.59. The summed E-state index contributed by atoms with van der Waals surface area (Å²) in [5.41, 5.74) is 1.87. The fraction of sp³-hybridized carbons (Fsp3) is 0.286. The number of benzene rings is 1. The molecule has 0 atom stereocenters. The van der Waals surface area contributed by atoms with Crippen LogP contribution in [-0.4, -0.2) is 35.4 Å². The first-order valence-electron chi connectivity index (χ1n) is 6.59. The average Bonchev–Trinajstić information content (AvgIpc) is 2.98. The summed E-state index contributed by atoms with van der Waals surface area (Å²) in [6.07, 6.45) is 2.38. The first kappa shape index (κ1) is 13.3. The van der Waals surface area contributed by atoms with Crippen molar-refractivity contribution in [3.05, 3.63) is 41.7 Å². The number of carbonyl (C=O) groups is 1. The Morgan fingerprint density at radius 3 is 2.86 bits per heavy atom. The van der Waals surface area contributed by atoms with E-state index in [1.165, 1.54) is 0 Å². The van der Waals surface area contributed by atoms with Crippen LogP contribution in [0.5, 0.6) is 0 Å². The average molecular weight is 285 g/mol. The van der Waals surface area contributed by atoms with E-state index in [9.17, 15) is 4.79 Å². The van der Waals surface area contributed by atoms with Gasteiger partial charge in [0.15, 0.2) is 5.82 Å². The minimum Gasteiger partial charge on any atom is -0.478 e. The highest BCUT2D eigenvalue weighted by Crippen LogP contribution is 2.18. The minimum atomic E-state index is -0.943. The quantitative estimate of drug-likeness (QED) is 0.783. The first-order chi connectivity index (χ1) is 10.0. The number of fused-ring (bicyclic) bond motifs is 1. The van der Waals surface area contributed by atoms with Crippen molar-refractivity contribution in [2.24, 2.45) is 7.05 Å². The van der Waals surface area contributed by atoms with Gasteiger partial charge in [0.1, 0.15) is 12.2 Å². The van der Waals surface area contributed by atoms with Crippen LogP contribution in [0.4, 0.5) is 0 Å². The second-order valence-electron chi connectivity index (χ2n) is 4.90. The van der Waals surface area contributed by atoms with Gasteiger partial charge in [0.05, 0.1) is 16.6 Å². The van der Waals surface area contributed by atoms with Gasteiger partial charge in [-0.05, 0) is 25.1 Å². The van der Waals surface area contributed by atoms with Crippen LogP contribution in [0.2, 0.25) is 0 Å². The highest BCUT2D eigenvalue weighted by atomic mass is 16.4. The molecule has 3 rings (SSSR count). The highest BCUT2D eigenvalue weighted by molar-refractivity contribution is 5.92. The smallest absolute Gasteiger partial charge is 0.335 e. The Labute approximate surface area is 120 Å². The van der Waals surface area contributed by atoms with Crippen LogP contribution in [0, 0.1) is 6.92 Å². The number of nitrogens with zero attached hydrogens (tertiary/aromatic N) is 5. The summed E-state index contributed by atoms with van der Waals surface area (Å²) in [4.78, 5) is 19.6. The number of aromatic nitrogens is 5. The molecule has 3 aromatic rings. The maximum Gasteiger partial charge on any atom is 0.335 e. The normalized spacial score (nSPS) is 11.1. The molecule has 0 spiro atoms. The van der Waals surface area contributed by atoms with Crippen LogP contribution in [0.15, 0.2) is 24.5 Å². The Bertz CT molecular complexity index is 818. The molecule has 0 unspecified atom stereocenters. The van der Waals surface area contributed by atoms with Crippen molar-refractivity contribution in [3.63, 3.8) is 0 Å². The number of imidazole rings is 1. The van der Waals surface area contributed by atoms with Gasteiger partial charge in [-0.2, -0.15) is 5.10 Å². The summed E-state index contributed by atoms with van der Waals surface area (Å²) in [6.45, 7) is 2.62. The lowest BCUT2D eigenvalue weighted by atomic mass is 10.2. The van der Waals surface area contributed by atoms with E-state index in [1.807, 2.05) is 14.0 Å². The Kier molecular flexibility index (Phi) is 3.17. The molecule has 0 aliphatic carbocycles. The topological polar surface area (TPSA) is 85.8 Å². The predicted octanol–water partition coefficient (Wildman–Crippen LogP) is 1.41. The summed E-state index contributed by atoms with van der Waals surface area (Å²) in [7, 11) is 1.84. The predicted molar refractivity (Wildman–Crippen MR) is 76.1 cm³/mol. The molecule has 1 aromatic carbocycles. The molecule has 1 N–H and O–H groups in total. The van der Waals surface area contributed by atoms with E-state index >= 15 is 0 Å². The molecule has 0 aliphatic rings. The molecule has 108 valence electrons.